The number of aromatic nitrogens is 1. The number of carbonyl (C=O) groups is 1. The number of aromatic amines is 1. The topological polar surface area (TPSA) is 83.7 Å². The Morgan fingerprint density at radius 3 is 2.47 bits per heavy atom. The maximum Gasteiger partial charge on any atom is 0.228 e. The lowest BCUT2D eigenvalue weighted by Crippen LogP contribution is -2.31. The van der Waals surface area contributed by atoms with Crippen LogP contribution in [0.15, 0.2) is 88.6 Å². The van der Waals surface area contributed by atoms with Crippen molar-refractivity contribution in [3.63, 3.8) is 0 Å². The van der Waals surface area contributed by atoms with Crippen molar-refractivity contribution in [2.45, 2.75) is 30.7 Å². The number of para-hydroxylation sites is 2. The lowest BCUT2D eigenvalue weighted by Gasteiger charge is -2.29. The van der Waals surface area contributed by atoms with Crippen LogP contribution in [-0.2, 0) is 24.2 Å². The number of hydrogen-bond acceptors (Lipinski definition) is 6. The van der Waals surface area contributed by atoms with Gasteiger partial charge < -0.3 is 19.8 Å². The fourth-order valence-corrected chi connectivity index (χ4v) is 6.62. The molecular formula is C35H35N3O4S. The van der Waals surface area contributed by atoms with Crippen LogP contribution in [0.2, 0.25) is 0 Å². The SMILES string of the molecule is COc1cc2c(cc1OC)CN(CCCSc1ccc(NC(=O)Cc3cccc4c(=O)c5ccccc5[nH]c34)cc1)CC2. The Bertz CT molecular complexity index is 1830. The van der Waals surface area contributed by atoms with Gasteiger partial charge in [-0.2, -0.15) is 0 Å². The Morgan fingerprint density at radius 1 is 0.930 bits per heavy atom. The molecule has 7 nitrogen and oxygen atoms in total. The largest absolute Gasteiger partial charge is 0.493 e. The van der Waals surface area contributed by atoms with E-state index in [1.165, 1.54) is 16.0 Å². The number of ether oxygens (including phenoxy) is 2. The second-order valence-electron chi connectivity index (χ2n) is 10.8. The summed E-state index contributed by atoms with van der Waals surface area (Å²) in [5.41, 5.74) is 5.66. The average Bonchev–Trinajstić information content (AvgIpc) is 3.03. The fourth-order valence-electron chi connectivity index (χ4n) is 5.78. The minimum absolute atomic E-state index is 0.0253. The maximum absolute atomic E-state index is 13.0. The molecular weight excluding hydrogens is 558 g/mol. The van der Waals surface area contributed by atoms with Gasteiger partial charge in [0, 0.05) is 40.0 Å². The Morgan fingerprint density at radius 2 is 1.67 bits per heavy atom. The average molecular weight is 594 g/mol. The van der Waals surface area contributed by atoms with Crippen LogP contribution in [0, 0.1) is 0 Å². The van der Waals surface area contributed by atoms with Crippen molar-refractivity contribution in [2.75, 3.05) is 38.4 Å². The lowest BCUT2D eigenvalue weighted by molar-refractivity contribution is -0.115. The van der Waals surface area contributed by atoms with Gasteiger partial charge in [-0.05, 0) is 96.4 Å². The van der Waals surface area contributed by atoms with E-state index in [9.17, 15) is 9.59 Å². The molecule has 1 aromatic heterocycles. The van der Waals surface area contributed by atoms with E-state index >= 15 is 0 Å². The normalized spacial score (nSPS) is 13.2. The standard InChI is InChI=1S/C35H35N3O4S/c1-41-31-19-23-15-17-38(22-25(23)20-32(31)42-2)16-6-18-43-27-13-11-26(12-14-27)36-33(39)21-24-7-5-9-29-34(24)37-30-10-4-3-8-28(30)35(29)40/h3-5,7-14,19-20H,6,15-18,21-22H2,1-2H3,(H,36,39)(H,37,40). The number of thioether (sulfide) groups is 1. The molecule has 0 bridgehead atoms. The van der Waals surface area contributed by atoms with Crippen LogP contribution in [0.5, 0.6) is 11.5 Å². The number of amides is 1. The summed E-state index contributed by atoms with van der Waals surface area (Å²) < 4.78 is 10.9. The molecule has 5 aromatic rings. The summed E-state index contributed by atoms with van der Waals surface area (Å²) in [7, 11) is 3.36. The molecule has 43 heavy (non-hydrogen) atoms. The van der Waals surface area contributed by atoms with E-state index in [1.807, 2.05) is 60.3 Å². The molecule has 4 aromatic carbocycles. The molecule has 2 heterocycles. The van der Waals surface area contributed by atoms with Crippen LogP contribution in [-0.4, -0.2) is 48.9 Å². The first-order chi connectivity index (χ1) is 21.0. The summed E-state index contributed by atoms with van der Waals surface area (Å²) in [5, 5.41) is 4.25. The number of pyridine rings is 1. The third-order valence-electron chi connectivity index (χ3n) is 8.00. The number of hydrogen-bond donors (Lipinski definition) is 2. The van der Waals surface area contributed by atoms with Crippen molar-refractivity contribution in [3.05, 3.63) is 106 Å². The van der Waals surface area contributed by atoms with Gasteiger partial charge in [-0.1, -0.05) is 24.3 Å². The zero-order valence-electron chi connectivity index (χ0n) is 24.4. The van der Waals surface area contributed by atoms with Crippen LogP contribution < -0.4 is 20.2 Å². The highest BCUT2D eigenvalue weighted by molar-refractivity contribution is 7.99. The molecule has 0 unspecified atom stereocenters. The molecule has 0 spiro atoms. The first-order valence-corrected chi connectivity index (χ1v) is 15.5. The number of H-pyrrole nitrogens is 1. The predicted molar refractivity (Wildman–Crippen MR) is 175 cm³/mol. The van der Waals surface area contributed by atoms with Gasteiger partial charge in [0.25, 0.3) is 0 Å². The van der Waals surface area contributed by atoms with Gasteiger partial charge in [0.05, 0.1) is 26.2 Å². The summed E-state index contributed by atoms with van der Waals surface area (Å²) in [4.78, 5) is 33.0. The third kappa shape index (κ3) is 6.40. The molecule has 0 fully saturated rings. The van der Waals surface area contributed by atoms with Gasteiger partial charge in [-0.15, -0.1) is 11.8 Å². The molecule has 0 aliphatic carbocycles. The van der Waals surface area contributed by atoms with E-state index in [2.05, 4.69) is 39.5 Å². The first-order valence-electron chi connectivity index (χ1n) is 14.5. The summed E-state index contributed by atoms with van der Waals surface area (Å²) in [6, 6.07) is 25.2. The number of carbonyl (C=O) groups excluding carboxylic acids is 1. The molecule has 0 atom stereocenters. The molecule has 1 amide bonds. The summed E-state index contributed by atoms with van der Waals surface area (Å²) in [6.07, 6.45) is 2.28. The van der Waals surface area contributed by atoms with Gasteiger partial charge in [-0.25, -0.2) is 0 Å². The smallest absolute Gasteiger partial charge is 0.228 e. The third-order valence-corrected chi connectivity index (χ3v) is 9.10. The fraction of sp³-hybridized carbons (Fsp3) is 0.257. The molecule has 0 radical (unpaired) electrons. The van der Waals surface area contributed by atoms with Crippen molar-refractivity contribution in [2.24, 2.45) is 0 Å². The monoisotopic (exact) mass is 593 g/mol. The number of rotatable bonds is 10. The molecule has 220 valence electrons. The Balaban J connectivity index is 0.997. The number of nitrogens with zero attached hydrogens (tertiary/aromatic N) is 1. The Kier molecular flexibility index (Phi) is 8.67. The van der Waals surface area contributed by atoms with Gasteiger partial charge in [0.2, 0.25) is 5.91 Å². The number of anilines is 1. The van der Waals surface area contributed by atoms with Crippen molar-refractivity contribution in [3.8, 4) is 11.5 Å². The Hall–Kier alpha value is -4.27. The van der Waals surface area contributed by atoms with Gasteiger partial charge in [0.15, 0.2) is 16.9 Å². The first kappa shape index (κ1) is 28.8. The summed E-state index contributed by atoms with van der Waals surface area (Å²) >= 11 is 1.83. The van der Waals surface area contributed by atoms with Crippen LogP contribution in [0.1, 0.15) is 23.1 Å². The highest BCUT2D eigenvalue weighted by Gasteiger charge is 2.19. The lowest BCUT2D eigenvalue weighted by atomic mass is 9.98. The number of fused-ring (bicyclic) bond motifs is 3. The molecule has 0 saturated carbocycles. The predicted octanol–water partition coefficient (Wildman–Crippen LogP) is 6.42. The second-order valence-corrected chi connectivity index (χ2v) is 12.0. The van der Waals surface area contributed by atoms with Crippen LogP contribution >= 0.6 is 11.8 Å². The van der Waals surface area contributed by atoms with Crippen molar-refractivity contribution < 1.29 is 14.3 Å². The quantitative estimate of drug-likeness (QED) is 0.110. The van der Waals surface area contributed by atoms with Gasteiger partial charge in [0.1, 0.15) is 0 Å². The molecule has 6 rings (SSSR count). The molecule has 8 heteroatoms. The molecule has 2 N–H and O–H groups in total. The summed E-state index contributed by atoms with van der Waals surface area (Å²) in [5.74, 6) is 2.49. The van der Waals surface area contributed by atoms with E-state index in [1.54, 1.807) is 20.3 Å². The minimum Gasteiger partial charge on any atom is -0.493 e. The highest BCUT2D eigenvalue weighted by Crippen LogP contribution is 2.33. The van der Waals surface area contributed by atoms with E-state index in [0.29, 0.717) is 16.3 Å². The van der Waals surface area contributed by atoms with E-state index in [0.717, 1.165) is 66.5 Å². The van der Waals surface area contributed by atoms with Crippen molar-refractivity contribution in [1.29, 1.82) is 0 Å². The second kappa shape index (κ2) is 12.9. The van der Waals surface area contributed by atoms with E-state index in [4.69, 9.17) is 9.47 Å². The van der Waals surface area contributed by atoms with Crippen LogP contribution in [0.3, 0.4) is 0 Å². The minimum atomic E-state index is -0.124. The maximum atomic E-state index is 13.0. The number of methoxy groups -OCH3 is 2. The van der Waals surface area contributed by atoms with Crippen molar-refractivity contribution in [1.82, 2.24) is 9.88 Å². The van der Waals surface area contributed by atoms with E-state index < -0.39 is 0 Å². The zero-order chi connectivity index (χ0) is 29.8. The summed E-state index contributed by atoms with van der Waals surface area (Å²) in [6.45, 7) is 3.03. The van der Waals surface area contributed by atoms with Crippen LogP contribution in [0.4, 0.5) is 5.69 Å². The van der Waals surface area contributed by atoms with Gasteiger partial charge in [-0.3, -0.25) is 14.5 Å². The van der Waals surface area contributed by atoms with Crippen molar-refractivity contribution >= 4 is 45.2 Å². The molecule has 0 saturated heterocycles. The molecule has 1 aliphatic heterocycles. The molecule has 1 aliphatic rings. The van der Waals surface area contributed by atoms with Crippen LogP contribution in [0.25, 0.3) is 21.8 Å². The van der Waals surface area contributed by atoms with Gasteiger partial charge >= 0.3 is 0 Å². The van der Waals surface area contributed by atoms with E-state index in [-0.39, 0.29) is 17.8 Å². The number of nitrogens with one attached hydrogen (secondary N) is 2. The zero-order valence-corrected chi connectivity index (χ0v) is 25.3. The number of benzene rings is 4. The highest BCUT2D eigenvalue weighted by atomic mass is 32.2. The Labute approximate surface area is 255 Å².